The number of nitrogens with zero attached hydrogens (tertiary/aromatic N) is 1. The van der Waals surface area contributed by atoms with Crippen LogP contribution >= 0.6 is 0 Å². The quantitative estimate of drug-likeness (QED) is 0.677. The van der Waals surface area contributed by atoms with E-state index >= 15 is 0 Å². The van der Waals surface area contributed by atoms with E-state index in [2.05, 4.69) is 11.9 Å². The Kier molecular flexibility index (Phi) is 4.16. The van der Waals surface area contributed by atoms with E-state index in [1.165, 1.54) is 12.8 Å². The number of hydrogen-bond donors (Lipinski definition) is 2. The molecule has 1 atom stereocenters. The monoisotopic (exact) mass is 186 g/mol. The van der Waals surface area contributed by atoms with E-state index in [1.54, 1.807) is 0 Å². The summed E-state index contributed by atoms with van der Waals surface area (Å²) in [5, 5.41) is 9.24. The first kappa shape index (κ1) is 11.0. The first-order valence-electron chi connectivity index (χ1n) is 5.23. The molecule has 0 bridgehead atoms. The first-order chi connectivity index (χ1) is 6.09. The summed E-state index contributed by atoms with van der Waals surface area (Å²) in [5.41, 5.74) is 5.83. The maximum atomic E-state index is 9.24. The van der Waals surface area contributed by atoms with E-state index in [0.717, 1.165) is 19.4 Å². The molecule has 3 heteroatoms. The summed E-state index contributed by atoms with van der Waals surface area (Å²) >= 11 is 0. The van der Waals surface area contributed by atoms with Gasteiger partial charge in [-0.1, -0.05) is 0 Å². The summed E-state index contributed by atoms with van der Waals surface area (Å²) in [6.07, 6.45) is 4.42. The van der Waals surface area contributed by atoms with Gasteiger partial charge in [-0.2, -0.15) is 0 Å². The summed E-state index contributed by atoms with van der Waals surface area (Å²) in [6, 6.07) is 1.05. The molecule has 0 amide bonds. The summed E-state index contributed by atoms with van der Waals surface area (Å²) < 4.78 is 0. The summed E-state index contributed by atoms with van der Waals surface area (Å²) in [6.45, 7) is 2.62. The van der Waals surface area contributed by atoms with E-state index in [4.69, 9.17) is 5.73 Å². The van der Waals surface area contributed by atoms with E-state index < -0.39 is 0 Å². The highest BCUT2D eigenvalue weighted by Gasteiger charge is 2.22. The highest BCUT2D eigenvalue weighted by Crippen LogP contribution is 2.20. The van der Waals surface area contributed by atoms with Crippen LogP contribution in [-0.2, 0) is 0 Å². The molecule has 3 nitrogen and oxygen atoms in total. The van der Waals surface area contributed by atoms with Crippen molar-refractivity contribution in [1.82, 2.24) is 4.90 Å². The van der Waals surface area contributed by atoms with Gasteiger partial charge in [-0.25, -0.2) is 0 Å². The SMILES string of the molecule is C[C@@H](O)CN(C)C1CCC(N)CC1. The Hall–Kier alpha value is -0.120. The fourth-order valence-corrected chi connectivity index (χ4v) is 2.11. The lowest BCUT2D eigenvalue weighted by Gasteiger charge is -2.34. The molecule has 0 spiro atoms. The smallest absolute Gasteiger partial charge is 0.0639 e. The largest absolute Gasteiger partial charge is 0.392 e. The topological polar surface area (TPSA) is 49.5 Å². The fourth-order valence-electron chi connectivity index (χ4n) is 2.11. The van der Waals surface area contributed by atoms with E-state index in [0.29, 0.717) is 12.1 Å². The highest BCUT2D eigenvalue weighted by molar-refractivity contribution is 4.80. The van der Waals surface area contributed by atoms with Gasteiger partial charge < -0.3 is 15.7 Å². The molecule has 13 heavy (non-hydrogen) atoms. The number of aliphatic hydroxyl groups is 1. The predicted octanol–water partition coefficient (Wildman–Crippen LogP) is 0.569. The lowest BCUT2D eigenvalue weighted by molar-refractivity contribution is 0.100. The van der Waals surface area contributed by atoms with Crippen LogP contribution in [0.3, 0.4) is 0 Å². The van der Waals surface area contributed by atoms with Crippen LogP contribution in [0.5, 0.6) is 0 Å². The molecule has 0 heterocycles. The zero-order chi connectivity index (χ0) is 9.84. The maximum Gasteiger partial charge on any atom is 0.0639 e. The Balaban J connectivity index is 2.27. The van der Waals surface area contributed by atoms with Crippen LogP contribution < -0.4 is 5.73 Å². The normalized spacial score (nSPS) is 32.1. The maximum absolute atomic E-state index is 9.24. The Morgan fingerprint density at radius 3 is 2.38 bits per heavy atom. The van der Waals surface area contributed by atoms with Crippen molar-refractivity contribution in [2.75, 3.05) is 13.6 Å². The van der Waals surface area contributed by atoms with Crippen molar-refractivity contribution in [3.8, 4) is 0 Å². The lowest BCUT2D eigenvalue weighted by Crippen LogP contribution is -2.41. The molecular weight excluding hydrogens is 164 g/mol. The van der Waals surface area contributed by atoms with Crippen molar-refractivity contribution >= 4 is 0 Å². The molecular formula is C10H22N2O. The summed E-state index contributed by atoms with van der Waals surface area (Å²) in [4.78, 5) is 2.26. The Labute approximate surface area is 80.9 Å². The van der Waals surface area contributed by atoms with Crippen LogP contribution in [0.25, 0.3) is 0 Å². The number of nitrogens with two attached hydrogens (primary N) is 1. The number of hydrogen-bond acceptors (Lipinski definition) is 3. The molecule has 0 aliphatic heterocycles. The van der Waals surface area contributed by atoms with Crippen molar-refractivity contribution < 1.29 is 5.11 Å². The molecule has 1 fully saturated rings. The van der Waals surface area contributed by atoms with Crippen molar-refractivity contribution in [3.63, 3.8) is 0 Å². The minimum absolute atomic E-state index is 0.222. The summed E-state index contributed by atoms with van der Waals surface area (Å²) in [5.74, 6) is 0. The molecule has 0 aromatic carbocycles. The van der Waals surface area contributed by atoms with Gasteiger partial charge in [0.25, 0.3) is 0 Å². The number of aliphatic hydroxyl groups excluding tert-OH is 1. The molecule has 3 N–H and O–H groups in total. The van der Waals surface area contributed by atoms with Gasteiger partial charge in [-0.3, -0.25) is 0 Å². The van der Waals surface area contributed by atoms with E-state index in [9.17, 15) is 5.11 Å². The van der Waals surface area contributed by atoms with E-state index in [1.807, 2.05) is 6.92 Å². The third-order valence-electron chi connectivity index (χ3n) is 2.92. The van der Waals surface area contributed by atoms with Gasteiger partial charge >= 0.3 is 0 Å². The van der Waals surface area contributed by atoms with Crippen molar-refractivity contribution in [2.24, 2.45) is 5.73 Å². The van der Waals surface area contributed by atoms with Crippen LogP contribution in [0.1, 0.15) is 32.6 Å². The lowest BCUT2D eigenvalue weighted by atomic mass is 9.91. The first-order valence-corrected chi connectivity index (χ1v) is 5.23. The predicted molar refractivity (Wildman–Crippen MR) is 54.5 cm³/mol. The molecule has 1 rings (SSSR count). The van der Waals surface area contributed by atoms with Crippen LogP contribution in [0.2, 0.25) is 0 Å². The van der Waals surface area contributed by atoms with Crippen LogP contribution in [0.15, 0.2) is 0 Å². The van der Waals surface area contributed by atoms with E-state index in [-0.39, 0.29) is 6.10 Å². The Morgan fingerprint density at radius 1 is 1.38 bits per heavy atom. The second kappa shape index (κ2) is 4.94. The zero-order valence-electron chi connectivity index (χ0n) is 8.74. The second-order valence-electron chi connectivity index (χ2n) is 4.36. The fraction of sp³-hybridized carbons (Fsp3) is 1.00. The molecule has 0 aromatic heterocycles. The molecule has 1 saturated carbocycles. The second-order valence-corrected chi connectivity index (χ2v) is 4.36. The van der Waals surface area contributed by atoms with Gasteiger partial charge in [0, 0.05) is 18.6 Å². The standard InChI is InChI=1S/C10H22N2O/c1-8(13)7-12(2)10-5-3-9(11)4-6-10/h8-10,13H,3-7,11H2,1-2H3/t8-,9?,10?/m1/s1. The average Bonchev–Trinajstić information content (AvgIpc) is 2.04. The molecule has 78 valence electrons. The highest BCUT2D eigenvalue weighted by atomic mass is 16.3. The molecule has 1 aliphatic rings. The van der Waals surface area contributed by atoms with Gasteiger partial charge in [0.2, 0.25) is 0 Å². The van der Waals surface area contributed by atoms with Gasteiger partial charge in [0.05, 0.1) is 6.10 Å². The van der Waals surface area contributed by atoms with Gasteiger partial charge in [-0.05, 0) is 39.7 Å². The molecule has 1 aliphatic carbocycles. The summed E-state index contributed by atoms with van der Waals surface area (Å²) in [7, 11) is 2.09. The van der Waals surface area contributed by atoms with Crippen LogP contribution in [0, 0.1) is 0 Å². The number of rotatable bonds is 3. The van der Waals surface area contributed by atoms with Crippen LogP contribution in [0.4, 0.5) is 0 Å². The minimum Gasteiger partial charge on any atom is -0.392 e. The number of likely N-dealkylation sites (N-methyl/N-ethyl adjacent to an activating group) is 1. The average molecular weight is 186 g/mol. The van der Waals surface area contributed by atoms with Crippen molar-refractivity contribution in [3.05, 3.63) is 0 Å². The third-order valence-corrected chi connectivity index (χ3v) is 2.92. The molecule has 0 aromatic rings. The molecule has 0 unspecified atom stereocenters. The van der Waals surface area contributed by atoms with Gasteiger partial charge in [0.15, 0.2) is 0 Å². The van der Waals surface area contributed by atoms with Crippen molar-refractivity contribution in [1.29, 1.82) is 0 Å². The Morgan fingerprint density at radius 2 is 1.92 bits per heavy atom. The minimum atomic E-state index is -0.222. The van der Waals surface area contributed by atoms with Gasteiger partial charge in [0.1, 0.15) is 0 Å². The molecule has 0 saturated heterocycles. The van der Waals surface area contributed by atoms with Crippen LogP contribution in [-0.4, -0.2) is 41.8 Å². The third kappa shape index (κ3) is 3.63. The zero-order valence-corrected chi connectivity index (χ0v) is 8.74. The Bertz CT molecular complexity index is 142. The van der Waals surface area contributed by atoms with Gasteiger partial charge in [-0.15, -0.1) is 0 Å². The molecule has 0 radical (unpaired) electrons. The van der Waals surface area contributed by atoms with Crippen molar-refractivity contribution in [2.45, 2.75) is 50.8 Å².